The molecule has 0 radical (unpaired) electrons. The van der Waals surface area contributed by atoms with Crippen molar-refractivity contribution in [1.82, 2.24) is 9.97 Å². The van der Waals surface area contributed by atoms with Gasteiger partial charge >= 0.3 is 5.97 Å². The Morgan fingerprint density at radius 2 is 2.10 bits per heavy atom. The standard InChI is InChI=1S/C15H13N3O2S/c1-9-7-21-8-10(9)6-16-13-11-4-2-3-5-12(11)17-14(18-13)15(19)20/h2-5,7-8H,6H2,1H3,(H,19,20)(H,16,17,18). The lowest BCUT2D eigenvalue weighted by molar-refractivity contribution is 0.0684. The normalized spacial score (nSPS) is 10.7. The number of thiophene rings is 1. The second kappa shape index (κ2) is 5.49. The summed E-state index contributed by atoms with van der Waals surface area (Å²) in [5.74, 6) is -0.780. The molecule has 0 aliphatic heterocycles. The lowest BCUT2D eigenvalue weighted by Crippen LogP contribution is -2.09. The monoisotopic (exact) mass is 299 g/mol. The number of carboxylic acids is 1. The predicted molar refractivity (Wildman–Crippen MR) is 82.9 cm³/mol. The van der Waals surface area contributed by atoms with Crippen molar-refractivity contribution in [3.63, 3.8) is 0 Å². The van der Waals surface area contributed by atoms with E-state index in [9.17, 15) is 4.79 Å². The van der Waals surface area contributed by atoms with Crippen LogP contribution in [0.4, 0.5) is 5.82 Å². The zero-order valence-corrected chi connectivity index (χ0v) is 12.1. The number of fused-ring (bicyclic) bond motifs is 1. The molecule has 0 aliphatic rings. The van der Waals surface area contributed by atoms with Crippen LogP contribution in [-0.2, 0) is 6.54 Å². The van der Waals surface area contributed by atoms with Crippen LogP contribution in [0.15, 0.2) is 35.0 Å². The topological polar surface area (TPSA) is 75.1 Å². The maximum atomic E-state index is 11.1. The van der Waals surface area contributed by atoms with Crippen LogP contribution < -0.4 is 5.32 Å². The average molecular weight is 299 g/mol. The van der Waals surface area contributed by atoms with E-state index in [4.69, 9.17) is 5.11 Å². The van der Waals surface area contributed by atoms with Crippen molar-refractivity contribution in [2.45, 2.75) is 13.5 Å². The van der Waals surface area contributed by atoms with E-state index in [2.05, 4.69) is 26.0 Å². The van der Waals surface area contributed by atoms with E-state index in [1.807, 2.05) is 25.1 Å². The van der Waals surface area contributed by atoms with E-state index in [-0.39, 0.29) is 5.82 Å². The number of nitrogens with one attached hydrogen (secondary N) is 1. The Kier molecular flexibility index (Phi) is 3.53. The predicted octanol–water partition coefficient (Wildman–Crippen LogP) is 3.31. The lowest BCUT2D eigenvalue weighted by atomic mass is 10.2. The van der Waals surface area contributed by atoms with Gasteiger partial charge in [0.1, 0.15) is 5.82 Å². The van der Waals surface area contributed by atoms with E-state index >= 15 is 0 Å². The summed E-state index contributed by atoms with van der Waals surface area (Å²) in [6.45, 7) is 2.66. The van der Waals surface area contributed by atoms with Gasteiger partial charge in [0.05, 0.1) is 5.52 Å². The Balaban J connectivity index is 1.99. The van der Waals surface area contributed by atoms with Crippen LogP contribution in [0.2, 0.25) is 0 Å². The molecule has 0 atom stereocenters. The number of aromatic nitrogens is 2. The molecule has 3 aromatic rings. The Labute approximate surface area is 125 Å². The average Bonchev–Trinajstić information content (AvgIpc) is 2.89. The van der Waals surface area contributed by atoms with E-state index in [1.165, 1.54) is 11.1 Å². The van der Waals surface area contributed by atoms with Crippen LogP contribution in [0.3, 0.4) is 0 Å². The minimum absolute atomic E-state index is 0.196. The smallest absolute Gasteiger partial charge is 0.374 e. The molecule has 21 heavy (non-hydrogen) atoms. The quantitative estimate of drug-likeness (QED) is 0.773. The van der Waals surface area contributed by atoms with Crippen LogP contribution in [0.1, 0.15) is 21.7 Å². The van der Waals surface area contributed by atoms with Crippen molar-refractivity contribution in [3.05, 3.63) is 52.0 Å². The number of carbonyl (C=O) groups is 1. The minimum Gasteiger partial charge on any atom is -0.475 e. The number of benzene rings is 1. The Morgan fingerprint density at radius 1 is 1.29 bits per heavy atom. The van der Waals surface area contributed by atoms with Gasteiger partial charge in [-0.25, -0.2) is 14.8 Å². The van der Waals surface area contributed by atoms with E-state index in [0.29, 0.717) is 17.9 Å². The highest BCUT2D eigenvalue weighted by molar-refractivity contribution is 7.08. The molecule has 0 amide bonds. The number of para-hydroxylation sites is 1. The molecule has 3 rings (SSSR count). The van der Waals surface area contributed by atoms with E-state index in [1.54, 1.807) is 17.4 Å². The lowest BCUT2D eigenvalue weighted by Gasteiger charge is -2.09. The van der Waals surface area contributed by atoms with Crippen LogP contribution in [0, 0.1) is 6.92 Å². The number of rotatable bonds is 4. The zero-order valence-electron chi connectivity index (χ0n) is 11.3. The summed E-state index contributed by atoms with van der Waals surface area (Å²) in [5, 5.41) is 17.3. The molecule has 0 unspecified atom stereocenters. The van der Waals surface area contributed by atoms with Crippen molar-refractivity contribution < 1.29 is 9.90 Å². The Morgan fingerprint density at radius 3 is 2.81 bits per heavy atom. The summed E-state index contributed by atoms with van der Waals surface area (Å²) in [6, 6.07) is 7.37. The molecule has 106 valence electrons. The molecule has 0 spiro atoms. The molecule has 5 nitrogen and oxygen atoms in total. The minimum atomic E-state index is -1.13. The summed E-state index contributed by atoms with van der Waals surface area (Å²) in [7, 11) is 0. The number of anilines is 1. The number of hydrogen-bond acceptors (Lipinski definition) is 5. The molecular formula is C15H13N3O2S. The largest absolute Gasteiger partial charge is 0.475 e. The third-order valence-electron chi connectivity index (χ3n) is 3.20. The molecule has 1 aromatic carbocycles. The Hall–Kier alpha value is -2.47. The van der Waals surface area contributed by atoms with Gasteiger partial charge in [-0.1, -0.05) is 12.1 Å². The first-order chi connectivity index (χ1) is 10.1. The summed E-state index contributed by atoms with van der Waals surface area (Å²) in [5.41, 5.74) is 3.01. The summed E-state index contributed by atoms with van der Waals surface area (Å²) < 4.78 is 0. The van der Waals surface area contributed by atoms with E-state index in [0.717, 1.165) is 5.39 Å². The molecule has 2 aromatic heterocycles. The number of carboxylic acid groups (broad SMARTS) is 1. The van der Waals surface area contributed by atoms with Crippen molar-refractivity contribution in [3.8, 4) is 0 Å². The van der Waals surface area contributed by atoms with Crippen LogP contribution >= 0.6 is 11.3 Å². The van der Waals surface area contributed by atoms with Crippen molar-refractivity contribution in [1.29, 1.82) is 0 Å². The molecule has 0 saturated carbocycles. The zero-order chi connectivity index (χ0) is 14.8. The third kappa shape index (κ3) is 2.71. The third-order valence-corrected chi connectivity index (χ3v) is 4.11. The van der Waals surface area contributed by atoms with Gasteiger partial charge in [0.25, 0.3) is 0 Å². The molecule has 6 heteroatoms. The first-order valence-electron chi connectivity index (χ1n) is 6.41. The van der Waals surface area contributed by atoms with Gasteiger partial charge < -0.3 is 10.4 Å². The Bertz CT molecular complexity index is 814. The molecule has 0 saturated heterocycles. The highest BCUT2D eigenvalue weighted by atomic mass is 32.1. The number of hydrogen-bond donors (Lipinski definition) is 2. The molecule has 2 N–H and O–H groups in total. The maximum absolute atomic E-state index is 11.1. The molecular weight excluding hydrogens is 286 g/mol. The fourth-order valence-electron chi connectivity index (χ4n) is 2.05. The van der Waals surface area contributed by atoms with Crippen LogP contribution in [0.25, 0.3) is 10.9 Å². The van der Waals surface area contributed by atoms with Crippen LogP contribution in [0.5, 0.6) is 0 Å². The number of aromatic carboxylic acids is 1. The first kappa shape index (κ1) is 13.5. The van der Waals surface area contributed by atoms with Gasteiger partial charge in [-0.3, -0.25) is 0 Å². The fourth-order valence-corrected chi connectivity index (χ4v) is 2.91. The van der Waals surface area contributed by atoms with Crippen molar-refractivity contribution >= 4 is 34.0 Å². The highest BCUT2D eigenvalue weighted by Crippen LogP contribution is 2.22. The SMILES string of the molecule is Cc1cscc1CNc1nc(C(=O)O)nc2ccccc12. The molecule has 2 heterocycles. The highest BCUT2D eigenvalue weighted by Gasteiger charge is 2.12. The summed E-state index contributed by atoms with van der Waals surface area (Å²) >= 11 is 1.65. The number of nitrogens with zero attached hydrogens (tertiary/aromatic N) is 2. The van der Waals surface area contributed by atoms with Gasteiger partial charge in [0.15, 0.2) is 0 Å². The van der Waals surface area contributed by atoms with Gasteiger partial charge in [0.2, 0.25) is 5.82 Å². The fraction of sp³-hybridized carbons (Fsp3) is 0.133. The first-order valence-corrected chi connectivity index (χ1v) is 7.35. The van der Waals surface area contributed by atoms with Gasteiger partial charge in [-0.2, -0.15) is 11.3 Å². The molecule has 0 bridgehead atoms. The van der Waals surface area contributed by atoms with Gasteiger partial charge in [0, 0.05) is 11.9 Å². The van der Waals surface area contributed by atoms with E-state index < -0.39 is 5.97 Å². The summed E-state index contributed by atoms with van der Waals surface area (Å²) in [6.07, 6.45) is 0. The molecule has 0 fully saturated rings. The maximum Gasteiger partial charge on any atom is 0.374 e. The second-order valence-electron chi connectivity index (χ2n) is 4.65. The van der Waals surface area contributed by atoms with Crippen molar-refractivity contribution in [2.24, 2.45) is 0 Å². The van der Waals surface area contributed by atoms with Crippen LogP contribution in [-0.4, -0.2) is 21.0 Å². The molecule has 0 aliphatic carbocycles. The summed E-state index contributed by atoms with van der Waals surface area (Å²) in [4.78, 5) is 19.3. The van der Waals surface area contributed by atoms with Crippen molar-refractivity contribution in [2.75, 3.05) is 5.32 Å². The van der Waals surface area contributed by atoms with Gasteiger partial charge in [-0.05, 0) is 40.9 Å². The second-order valence-corrected chi connectivity index (χ2v) is 5.40. The number of aryl methyl sites for hydroxylation is 1. The van der Waals surface area contributed by atoms with Gasteiger partial charge in [-0.15, -0.1) is 0 Å².